The Kier molecular flexibility index (Phi) is 1.30. The van der Waals surface area contributed by atoms with Gasteiger partial charge in [0.1, 0.15) is 0 Å². The third-order valence-electron chi connectivity index (χ3n) is 3.11. The molecule has 0 saturated carbocycles. The van der Waals surface area contributed by atoms with Crippen molar-refractivity contribution in [3.05, 3.63) is 11.1 Å². The largest absolute Gasteiger partial charge is 0.647 e. The Morgan fingerprint density at radius 3 is 2.11 bits per heavy atom. The lowest BCUT2D eigenvalue weighted by Gasteiger charge is -2.40. The van der Waals surface area contributed by atoms with Gasteiger partial charge in [0.15, 0.2) is 11.5 Å². The average molecular weight is 290 g/mol. The molecule has 1 saturated heterocycles. The number of phosphoric acid groups is 2. The lowest BCUT2D eigenvalue weighted by Crippen LogP contribution is -2.28. The minimum absolute atomic E-state index is 0.150. The minimum Gasteiger partial charge on any atom is -0.399 e. The van der Waals surface area contributed by atoms with E-state index in [0.29, 0.717) is 16.9 Å². The van der Waals surface area contributed by atoms with Gasteiger partial charge in [-0.2, -0.15) is 4.57 Å². The summed E-state index contributed by atoms with van der Waals surface area (Å²) in [6.45, 7) is 1.72. The fraction of sp³-hybridized carbons (Fsp3) is 0.250. The highest BCUT2D eigenvalue weighted by Crippen LogP contribution is 2.79. The van der Waals surface area contributed by atoms with Crippen LogP contribution in [0.4, 0.5) is 0 Å². The molecule has 5 aliphatic rings. The molecule has 1 atom stereocenters. The van der Waals surface area contributed by atoms with Gasteiger partial charge < -0.3 is 18.1 Å². The van der Waals surface area contributed by atoms with E-state index in [1.54, 1.807) is 6.92 Å². The predicted octanol–water partition coefficient (Wildman–Crippen LogP) is 2.81. The van der Waals surface area contributed by atoms with Crippen molar-refractivity contribution in [3.63, 3.8) is 0 Å². The first-order valence-electron chi connectivity index (χ1n) is 5.04. The van der Waals surface area contributed by atoms with Gasteiger partial charge in [0.05, 0.1) is 5.56 Å². The van der Waals surface area contributed by atoms with E-state index in [1.807, 2.05) is 0 Å². The van der Waals surface area contributed by atoms with Crippen LogP contribution in [-0.2, 0) is 18.2 Å². The van der Waals surface area contributed by atoms with E-state index in [2.05, 4.69) is 0 Å². The molecule has 5 aliphatic heterocycles. The number of hydrogen-bond donors (Lipinski definition) is 0. The van der Waals surface area contributed by atoms with Gasteiger partial charge in [-0.05, 0) is 6.92 Å². The predicted molar refractivity (Wildman–Crippen MR) is 53.8 cm³/mol. The molecule has 1 aromatic rings. The van der Waals surface area contributed by atoms with Crippen molar-refractivity contribution in [1.29, 1.82) is 0 Å². The van der Waals surface area contributed by atoms with Crippen molar-refractivity contribution in [1.82, 2.24) is 0 Å². The van der Waals surface area contributed by atoms with E-state index >= 15 is 0 Å². The van der Waals surface area contributed by atoms with Crippen LogP contribution in [0.2, 0.25) is 0 Å². The topological polar surface area (TPSA) is 89.5 Å². The Hall–Kier alpha value is -1.20. The van der Waals surface area contributed by atoms with Crippen LogP contribution in [-0.4, -0.2) is 0 Å². The number of benzene rings is 1. The van der Waals surface area contributed by atoms with E-state index in [-0.39, 0.29) is 17.2 Å². The molecular formula is C8H4O8P2. The van der Waals surface area contributed by atoms with Crippen LogP contribution < -0.4 is 18.1 Å². The molecule has 4 bridgehead atoms. The van der Waals surface area contributed by atoms with E-state index in [9.17, 15) is 9.13 Å². The summed E-state index contributed by atoms with van der Waals surface area (Å²) in [6.07, 6.45) is -0.770. The SMILES string of the molecule is Cc1c2c3c(c4c1C1OP(=O)(O4)O1)OP(=O)(O2)O3. The second-order valence-electron chi connectivity index (χ2n) is 4.16. The molecule has 0 aliphatic carbocycles. The Morgan fingerprint density at radius 1 is 0.833 bits per heavy atom. The number of hydrogen-bond acceptors (Lipinski definition) is 8. The van der Waals surface area contributed by atoms with Gasteiger partial charge in [-0.1, -0.05) is 0 Å². The summed E-state index contributed by atoms with van der Waals surface area (Å²) in [5.74, 6) is 0.913. The molecule has 94 valence electrons. The van der Waals surface area contributed by atoms with Crippen LogP contribution in [0.25, 0.3) is 0 Å². The van der Waals surface area contributed by atoms with Crippen LogP contribution in [0.3, 0.4) is 0 Å². The lowest BCUT2D eigenvalue weighted by molar-refractivity contribution is -0.131. The molecule has 1 unspecified atom stereocenters. The first kappa shape index (κ1) is 9.69. The van der Waals surface area contributed by atoms with E-state index < -0.39 is 21.9 Å². The first-order chi connectivity index (χ1) is 8.48. The maximum Gasteiger partial charge on any atom is 0.647 e. The molecule has 0 N–H and O–H groups in total. The monoisotopic (exact) mass is 290 g/mol. The second-order valence-corrected chi connectivity index (χ2v) is 7.10. The number of phosphoric ester groups is 2. The average Bonchev–Trinajstić information content (AvgIpc) is 2.77. The normalized spacial score (nSPS) is 39.9. The van der Waals surface area contributed by atoms with Crippen molar-refractivity contribution in [2.24, 2.45) is 0 Å². The zero-order chi connectivity index (χ0) is 12.3. The van der Waals surface area contributed by atoms with Crippen LogP contribution in [0.15, 0.2) is 0 Å². The van der Waals surface area contributed by atoms with Crippen molar-refractivity contribution >= 4 is 15.6 Å². The second kappa shape index (κ2) is 2.42. The summed E-state index contributed by atoms with van der Waals surface area (Å²) in [6, 6.07) is 0. The molecule has 0 aromatic heterocycles. The highest BCUT2D eigenvalue weighted by atomic mass is 31.2. The zero-order valence-electron chi connectivity index (χ0n) is 8.74. The van der Waals surface area contributed by atoms with Gasteiger partial charge in [0, 0.05) is 5.56 Å². The third kappa shape index (κ3) is 0.874. The van der Waals surface area contributed by atoms with Gasteiger partial charge in [0.2, 0.25) is 17.8 Å². The Bertz CT molecular complexity index is 729. The summed E-state index contributed by atoms with van der Waals surface area (Å²) in [4.78, 5) is 0. The maximum absolute atomic E-state index is 11.9. The van der Waals surface area contributed by atoms with E-state index in [0.717, 1.165) is 0 Å². The molecule has 1 aromatic carbocycles. The molecule has 8 nitrogen and oxygen atoms in total. The molecule has 0 amide bonds. The minimum atomic E-state index is -3.60. The third-order valence-corrected chi connectivity index (χ3v) is 5.63. The first-order valence-corrected chi connectivity index (χ1v) is 7.96. The summed E-state index contributed by atoms with van der Waals surface area (Å²) in [5.41, 5.74) is 1.14. The number of rotatable bonds is 0. The molecule has 0 spiro atoms. The standard InChI is InChI=1S/C8H4O8P2/c1-2-3-5(12-18(10)15-8(3)16-18)7-6-4(2)11-17(9,13-6)14-7/h8H,1H3. The molecule has 0 radical (unpaired) electrons. The van der Waals surface area contributed by atoms with Crippen LogP contribution >= 0.6 is 15.6 Å². The van der Waals surface area contributed by atoms with Gasteiger partial charge in [-0.3, -0.25) is 0 Å². The highest BCUT2D eigenvalue weighted by Gasteiger charge is 2.61. The Morgan fingerprint density at radius 2 is 1.39 bits per heavy atom. The summed E-state index contributed by atoms with van der Waals surface area (Å²) in [5, 5.41) is 0. The number of fused-ring (bicyclic) bond motifs is 1. The van der Waals surface area contributed by atoms with Crippen molar-refractivity contribution in [2.45, 2.75) is 13.2 Å². The molecule has 18 heavy (non-hydrogen) atoms. The highest BCUT2D eigenvalue weighted by molar-refractivity contribution is 7.51. The summed E-state index contributed by atoms with van der Waals surface area (Å²) in [7, 11) is -7.12. The zero-order valence-corrected chi connectivity index (χ0v) is 10.5. The van der Waals surface area contributed by atoms with Crippen LogP contribution in [0, 0.1) is 6.92 Å². The fourth-order valence-corrected chi connectivity index (χ4v) is 4.86. The smallest absolute Gasteiger partial charge is 0.399 e. The summed E-state index contributed by atoms with van der Waals surface area (Å²) < 4.78 is 54.1. The van der Waals surface area contributed by atoms with Gasteiger partial charge in [-0.25, -0.2) is 13.6 Å². The van der Waals surface area contributed by atoms with E-state index in [1.165, 1.54) is 0 Å². The van der Waals surface area contributed by atoms with Crippen molar-refractivity contribution < 1.29 is 36.3 Å². The quantitative estimate of drug-likeness (QED) is 0.674. The van der Waals surface area contributed by atoms with E-state index in [4.69, 9.17) is 27.1 Å². The molecular weight excluding hydrogens is 286 g/mol. The molecule has 1 fully saturated rings. The van der Waals surface area contributed by atoms with Crippen molar-refractivity contribution in [2.75, 3.05) is 0 Å². The fourth-order valence-electron chi connectivity index (χ4n) is 2.34. The molecule has 6 rings (SSSR count). The van der Waals surface area contributed by atoms with Crippen molar-refractivity contribution in [3.8, 4) is 23.0 Å². The summed E-state index contributed by atoms with van der Waals surface area (Å²) >= 11 is 0. The molecule has 5 heterocycles. The van der Waals surface area contributed by atoms with Gasteiger partial charge in [0.25, 0.3) is 0 Å². The van der Waals surface area contributed by atoms with Crippen LogP contribution in [0.1, 0.15) is 17.4 Å². The maximum atomic E-state index is 11.9. The molecule has 10 heteroatoms. The lowest BCUT2D eigenvalue weighted by atomic mass is 10.0. The Labute approximate surface area is 99.9 Å². The van der Waals surface area contributed by atoms with Gasteiger partial charge in [-0.15, -0.1) is 0 Å². The van der Waals surface area contributed by atoms with Gasteiger partial charge >= 0.3 is 15.6 Å². The van der Waals surface area contributed by atoms with Crippen LogP contribution in [0.5, 0.6) is 23.0 Å². The Balaban J connectivity index is 1.89.